The van der Waals surface area contributed by atoms with Crippen LogP contribution < -0.4 is 0 Å². The van der Waals surface area contributed by atoms with Gasteiger partial charge in [0.25, 0.3) is 0 Å². The minimum atomic E-state index is -0.472. The summed E-state index contributed by atoms with van der Waals surface area (Å²) in [7, 11) is 0. The molecule has 17 heavy (non-hydrogen) atoms. The Balaban J connectivity index is 2.28. The Morgan fingerprint density at radius 1 is 1.41 bits per heavy atom. The van der Waals surface area contributed by atoms with Crippen molar-refractivity contribution in [3.8, 4) is 0 Å². The fourth-order valence-electron chi connectivity index (χ4n) is 2.54. The van der Waals surface area contributed by atoms with E-state index in [2.05, 4.69) is 0 Å². The lowest BCUT2D eigenvalue weighted by Crippen LogP contribution is -2.27. The van der Waals surface area contributed by atoms with Crippen molar-refractivity contribution < 1.29 is 14.0 Å². The van der Waals surface area contributed by atoms with Gasteiger partial charge in [-0.1, -0.05) is 13.8 Å². The minimum absolute atomic E-state index is 0.0701. The standard InChI is InChI=1S/C14H18O3/c1-8-7-11(9(2)17-8)12(15)10-5-6-14(3,4)13(10)16/h7,10H,5-6H2,1-4H3. The SMILES string of the molecule is Cc1cc(C(=O)C2CCC(C)(C)C2=O)c(C)o1. The summed E-state index contributed by atoms with van der Waals surface area (Å²) in [5, 5.41) is 0. The molecule has 1 aromatic heterocycles. The van der Waals surface area contributed by atoms with E-state index in [4.69, 9.17) is 4.42 Å². The van der Waals surface area contributed by atoms with Crippen LogP contribution in [0.4, 0.5) is 0 Å². The first kappa shape index (κ1) is 12.1. The molecule has 3 nitrogen and oxygen atoms in total. The van der Waals surface area contributed by atoms with Crippen LogP contribution in [0.25, 0.3) is 0 Å². The number of Topliss-reactive ketones (excluding diaryl/α,β-unsaturated/α-hetero) is 2. The lowest BCUT2D eigenvalue weighted by atomic mass is 9.87. The van der Waals surface area contributed by atoms with Crippen LogP contribution in [0.5, 0.6) is 0 Å². The molecule has 2 rings (SSSR count). The van der Waals surface area contributed by atoms with Crippen LogP contribution in [-0.4, -0.2) is 11.6 Å². The monoisotopic (exact) mass is 234 g/mol. The first-order valence-corrected chi connectivity index (χ1v) is 5.98. The van der Waals surface area contributed by atoms with Crippen LogP contribution in [0.2, 0.25) is 0 Å². The Hall–Kier alpha value is -1.38. The van der Waals surface area contributed by atoms with Gasteiger partial charge in [-0.15, -0.1) is 0 Å². The van der Waals surface area contributed by atoms with E-state index in [0.717, 1.165) is 12.2 Å². The van der Waals surface area contributed by atoms with Gasteiger partial charge in [0, 0.05) is 5.41 Å². The number of carbonyl (C=O) groups excluding carboxylic acids is 2. The van der Waals surface area contributed by atoms with Crippen LogP contribution in [0, 0.1) is 25.2 Å². The molecule has 3 heteroatoms. The van der Waals surface area contributed by atoms with E-state index in [0.29, 0.717) is 17.7 Å². The second-order valence-corrected chi connectivity index (χ2v) is 5.53. The lowest BCUT2D eigenvalue weighted by molar-refractivity contribution is -0.126. The predicted molar refractivity (Wildman–Crippen MR) is 64.0 cm³/mol. The van der Waals surface area contributed by atoms with Gasteiger partial charge in [0.15, 0.2) is 5.78 Å². The fourth-order valence-corrected chi connectivity index (χ4v) is 2.54. The second-order valence-electron chi connectivity index (χ2n) is 5.53. The smallest absolute Gasteiger partial charge is 0.176 e. The van der Waals surface area contributed by atoms with Gasteiger partial charge in [-0.3, -0.25) is 9.59 Å². The van der Waals surface area contributed by atoms with E-state index < -0.39 is 5.92 Å². The lowest BCUT2D eigenvalue weighted by Gasteiger charge is -2.15. The molecule has 1 fully saturated rings. The largest absolute Gasteiger partial charge is 0.466 e. The van der Waals surface area contributed by atoms with E-state index in [1.807, 2.05) is 20.8 Å². The molecule has 0 aromatic carbocycles. The quantitative estimate of drug-likeness (QED) is 0.583. The Kier molecular flexibility index (Phi) is 2.72. The molecule has 0 spiro atoms. The molecule has 0 amide bonds. The van der Waals surface area contributed by atoms with Crippen LogP contribution in [0.3, 0.4) is 0 Å². The van der Waals surface area contributed by atoms with Crippen molar-refractivity contribution in [1.29, 1.82) is 0 Å². The van der Waals surface area contributed by atoms with Gasteiger partial charge >= 0.3 is 0 Å². The molecule has 1 heterocycles. The maximum atomic E-state index is 12.3. The number of hydrogen-bond acceptors (Lipinski definition) is 3. The third-order valence-corrected chi connectivity index (χ3v) is 3.66. The highest BCUT2D eigenvalue weighted by atomic mass is 16.3. The van der Waals surface area contributed by atoms with Gasteiger partial charge in [-0.25, -0.2) is 0 Å². The summed E-state index contributed by atoms with van der Waals surface area (Å²) < 4.78 is 5.35. The van der Waals surface area contributed by atoms with Crippen molar-refractivity contribution in [2.75, 3.05) is 0 Å². The molecule has 0 N–H and O–H groups in total. The predicted octanol–water partition coefficient (Wildman–Crippen LogP) is 3.08. The summed E-state index contributed by atoms with van der Waals surface area (Å²) in [4.78, 5) is 24.4. The van der Waals surface area contributed by atoms with E-state index >= 15 is 0 Å². The van der Waals surface area contributed by atoms with Crippen molar-refractivity contribution in [3.63, 3.8) is 0 Å². The van der Waals surface area contributed by atoms with Crippen LogP contribution in [0.15, 0.2) is 10.5 Å². The van der Waals surface area contributed by atoms with Gasteiger partial charge in [0.1, 0.15) is 17.3 Å². The minimum Gasteiger partial charge on any atom is -0.466 e. The molecule has 0 radical (unpaired) electrons. The maximum absolute atomic E-state index is 12.3. The van der Waals surface area contributed by atoms with Gasteiger partial charge in [0.05, 0.1) is 11.5 Å². The first-order chi connectivity index (χ1) is 7.83. The van der Waals surface area contributed by atoms with E-state index in [-0.39, 0.29) is 17.0 Å². The maximum Gasteiger partial charge on any atom is 0.176 e. The fraction of sp³-hybridized carbons (Fsp3) is 0.571. The highest BCUT2D eigenvalue weighted by Gasteiger charge is 2.44. The van der Waals surface area contributed by atoms with E-state index in [1.165, 1.54) is 0 Å². The van der Waals surface area contributed by atoms with Crippen molar-refractivity contribution >= 4 is 11.6 Å². The molecule has 1 aliphatic rings. The molecule has 0 aliphatic heterocycles. The van der Waals surface area contributed by atoms with Crippen LogP contribution in [0.1, 0.15) is 48.6 Å². The topological polar surface area (TPSA) is 47.3 Å². The molecular formula is C14H18O3. The summed E-state index contributed by atoms with van der Waals surface area (Å²) in [6.45, 7) is 7.40. The highest BCUT2D eigenvalue weighted by molar-refractivity contribution is 6.13. The number of rotatable bonds is 2. The number of furan rings is 1. The summed E-state index contributed by atoms with van der Waals surface area (Å²) in [5.41, 5.74) is 0.214. The molecule has 0 bridgehead atoms. The molecule has 1 aromatic rings. The van der Waals surface area contributed by atoms with Gasteiger partial charge in [-0.2, -0.15) is 0 Å². The molecule has 1 unspecified atom stereocenters. The Bertz CT molecular complexity index is 480. The van der Waals surface area contributed by atoms with Crippen molar-refractivity contribution in [3.05, 3.63) is 23.2 Å². The third kappa shape index (κ3) is 1.94. The van der Waals surface area contributed by atoms with Crippen molar-refractivity contribution in [2.45, 2.75) is 40.5 Å². The van der Waals surface area contributed by atoms with Gasteiger partial charge < -0.3 is 4.42 Å². The van der Waals surface area contributed by atoms with E-state index in [9.17, 15) is 9.59 Å². The van der Waals surface area contributed by atoms with Gasteiger partial charge in [0.2, 0.25) is 0 Å². The van der Waals surface area contributed by atoms with E-state index in [1.54, 1.807) is 13.0 Å². The van der Waals surface area contributed by atoms with Crippen molar-refractivity contribution in [2.24, 2.45) is 11.3 Å². The zero-order valence-electron chi connectivity index (χ0n) is 10.8. The summed E-state index contributed by atoms with van der Waals surface area (Å²) in [6, 6.07) is 1.73. The highest BCUT2D eigenvalue weighted by Crippen LogP contribution is 2.39. The number of ketones is 2. The number of hydrogen-bond donors (Lipinski definition) is 0. The normalized spacial score (nSPS) is 23.1. The number of carbonyl (C=O) groups is 2. The average Bonchev–Trinajstić information content (AvgIpc) is 2.69. The molecule has 1 saturated carbocycles. The number of aryl methyl sites for hydroxylation is 2. The third-order valence-electron chi connectivity index (χ3n) is 3.66. The molecular weight excluding hydrogens is 216 g/mol. The van der Waals surface area contributed by atoms with Crippen LogP contribution in [-0.2, 0) is 4.79 Å². The average molecular weight is 234 g/mol. The summed E-state index contributed by atoms with van der Waals surface area (Å²) in [6.07, 6.45) is 1.45. The van der Waals surface area contributed by atoms with Gasteiger partial charge in [-0.05, 0) is 32.8 Å². The zero-order chi connectivity index (χ0) is 12.8. The van der Waals surface area contributed by atoms with Crippen molar-refractivity contribution in [1.82, 2.24) is 0 Å². The van der Waals surface area contributed by atoms with Crippen LogP contribution >= 0.6 is 0 Å². The Morgan fingerprint density at radius 2 is 2.06 bits per heavy atom. The Morgan fingerprint density at radius 3 is 2.47 bits per heavy atom. The molecule has 0 saturated heterocycles. The Labute approximate surface area is 101 Å². The molecule has 92 valence electrons. The summed E-state index contributed by atoms with van der Waals surface area (Å²) >= 11 is 0. The summed E-state index contributed by atoms with van der Waals surface area (Å²) in [5.74, 6) is 0.858. The zero-order valence-corrected chi connectivity index (χ0v) is 10.8. The second kappa shape index (κ2) is 3.83. The molecule has 1 aliphatic carbocycles. The molecule has 1 atom stereocenters. The first-order valence-electron chi connectivity index (χ1n) is 5.98.